The fourth-order valence-electron chi connectivity index (χ4n) is 6.06. The molecule has 1 atom stereocenters. The normalized spacial score (nSPS) is 34.1. The lowest BCUT2D eigenvalue weighted by molar-refractivity contribution is -0.137. The second-order valence-electron chi connectivity index (χ2n) is 9.62. The van der Waals surface area contributed by atoms with Crippen LogP contribution in [0.25, 0.3) is 0 Å². The van der Waals surface area contributed by atoms with Crippen LogP contribution < -0.4 is 5.48 Å². The van der Waals surface area contributed by atoms with E-state index < -0.39 is 24.3 Å². The molecule has 0 bridgehead atoms. The summed E-state index contributed by atoms with van der Waals surface area (Å²) in [5, 5.41) is 0. The van der Waals surface area contributed by atoms with Gasteiger partial charge in [0, 0.05) is 31.6 Å². The summed E-state index contributed by atoms with van der Waals surface area (Å²) in [6, 6.07) is -0.362. The Morgan fingerprint density at radius 2 is 1.77 bits per heavy atom. The van der Waals surface area contributed by atoms with Gasteiger partial charge in [-0.1, -0.05) is 0 Å². The number of nitrogens with zero attached hydrogens (tertiary/aromatic N) is 3. The summed E-state index contributed by atoms with van der Waals surface area (Å²) >= 11 is 0. The second-order valence-corrected chi connectivity index (χ2v) is 9.62. The number of rotatable bonds is 5. The first-order valence-electron chi connectivity index (χ1n) is 11.4. The van der Waals surface area contributed by atoms with E-state index in [0.29, 0.717) is 12.6 Å². The first kappa shape index (κ1) is 22.7. The lowest BCUT2D eigenvalue weighted by atomic mass is 9.64. The summed E-state index contributed by atoms with van der Waals surface area (Å²) < 4.78 is 33.3. The number of ether oxygens (including phenoxy) is 1. The fraction of sp³-hybridized carbons (Fsp3) is 0.905. The lowest BCUT2D eigenvalue weighted by Gasteiger charge is -2.52. The number of hydrogen-bond acceptors (Lipinski definition) is 6. The van der Waals surface area contributed by atoms with E-state index in [-0.39, 0.29) is 24.1 Å². The molecular formula is C21H34F2N4O4. The van der Waals surface area contributed by atoms with Gasteiger partial charge in [-0.05, 0) is 57.5 Å². The summed E-state index contributed by atoms with van der Waals surface area (Å²) in [7, 11) is 1.31. The zero-order valence-corrected chi connectivity index (χ0v) is 18.4. The van der Waals surface area contributed by atoms with Crippen molar-refractivity contribution in [1.82, 2.24) is 20.2 Å². The predicted octanol–water partition coefficient (Wildman–Crippen LogP) is 1.85. The molecule has 4 rings (SSSR count). The van der Waals surface area contributed by atoms with Crippen molar-refractivity contribution in [2.75, 3.05) is 46.4 Å². The highest BCUT2D eigenvalue weighted by Gasteiger charge is 2.53. The van der Waals surface area contributed by atoms with Crippen LogP contribution >= 0.6 is 0 Å². The molecule has 0 unspecified atom stereocenters. The van der Waals surface area contributed by atoms with Crippen molar-refractivity contribution in [3.63, 3.8) is 0 Å². The molecule has 31 heavy (non-hydrogen) atoms. The molecule has 0 aromatic rings. The SMILES string of the molecule is CCOC(=O)N1CCC2(CC(N3CCC(N4CC(F)(F)C[C@@H]4C(=O)NOC)CC3)C2)C1. The summed E-state index contributed by atoms with van der Waals surface area (Å²) in [5.41, 5.74) is 2.44. The highest BCUT2D eigenvalue weighted by molar-refractivity contribution is 5.81. The minimum atomic E-state index is -2.85. The third-order valence-electron chi connectivity index (χ3n) is 7.60. The van der Waals surface area contributed by atoms with Gasteiger partial charge in [-0.25, -0.2) is 19.1 Å². The van der Waals surface area contributed by atoms with Crippen LogP contribution in [-0.4, -0.2) is 97.2 Å². The van der Waals surface area contributed by atoms with E-state index in [9.17, 15) is 18.4 Å². The predicted molar refractivity (Wildman–Crippen MR) is 108 cm³/mol. The number of halogens is 2. The molecule has 4 fully saturated rings. The molecule has 0 radical (unpaired) electrons. The molecule has 1 saturated carbocycles. The molecule has 10 heteroatoms. The van der Waals surface area contributed by atoms with Crippen LogP contribution in [0.4, 0.5) is 13.6 Å². The van der Waals surface area contributed by atoms with Gasteiger partial charge in [0.15, 0.2) is 0 Å². The molecular weight excluding hydrogens is 410 g/mol. The smallest absolute Gasteiger partial charge is 0.409 e. The van der Waals surface area contributed by atoms with Crippen LogP contribution in [0.1, 0.15) is 45.4 Å². The number of hydroxylamine groups is 1. The number of hydrogen-bond donors (Lipinski definition) is 1. The Bertz CT molecular complexity index is 680. The van der Waals surface area contributed by atoms with E-state index in [1.807, 2.05) is 11.8 Å². The third-order valence-corrected chi connectivity index (χ3v) is 7.60. The maximum absolute atomic E-state index is 14.1. The van der Waals surface area contributed by atoms with Crippen LogP contribution in [0.15, 0.2) is 0 Å². The number of carbonyl (C=O) groups is 2. The highest BCUT2D eigenvalue weighted by atomic mass is 19.3. The molecule has 3 saturated heterocycles. The molecule has 4 aliphatic rings. The van der Waals surface area contributed by atoms with Crippen molar-refractivity contribution in [2.45, 2.75) is 69.5 Å². The van der Waals surface area contributed by atoms with Crippen LogP contribution in [-0.2, 0) is 14.4 Å². The molecule has 1 N–H and O–H groups in total. The first-order valence-corrected chi connectivity index (χ1v) is 11.4. The van der Waals surface area contributed by atoms with E-state index in [0.717, 1.165) is 58.3 Å². The molecule has 176 valence electrons. The fourth-order valence-corrected chi connectivity index (χ4v) is 6.06. The van der Waals surface area contributed by atoms with Gasteiger partial charge >= 0.3 is 6.09 Å². The Labute approximate surface area is 182 Å². The molecule has 3 heterocycles. The van der Waals surface area contributed by atoms with Gasteiger partial charge in [-0.15, -0.1) is 0 Å². The average Bonchev–Trinajstić information content (AvgIpc) is 3.29. The molecule has 2 amide bonds. The Hall–Kier alpha value is -1.52. The summed E-state index contributed by atoms with van der Waals surface area (Å²) in [6.45, 7) is 5.11. The monoisotopic (exact) mass is 444 g/mol. The Balaban J connectivity index is 1.26. The van der Waals surface area contributed by atoms with Gasteiger partial charge in [-0.2, -0.15) is 0 Å². The summed E-state index contributed by atoms with van der Waals surface area (Å²) in [6.07, 6.45) is 4.08. The average molecular weight is 445 g/mol. The number of alkyl halides is 2. The summed E-state index contributed by atoms with van der Waals surface area (Å²) in [5.74, 6) is -3.34. The zero-order valence-electron chi connectivity index (χ0n) is 18.4. The maximum atomic E-state index is 14.1. The lowest BCUT2D eigenvalue weighted by Crippen LogP contribution is -2.57. The zero-order chi connectivity index (χ0) is 22.2. The Morgan fingerprint density at radius 3 is 2.42 bits per heavy atom. The standard InChI is InChI=1S/C21H34F2N4O4/c1-3-31-19(29)26-9-6-20(13-26)10-16(11-20)25-7-4-15(5-8-25)27-14-21(22,23)12-17(27)18(28)24-30-2/h15-17H,3-14H2,1-2H3,(H,24,28)/t16?,17-,20?/m1/s1. The minimum absolute atomic E-state index is 0.0166. The first-order chi connectivity index (χ1) is 14.8. The molecule has 0 aromatic carbocycles. The number of likely N-dealkylation sites (tertiary alicyclic amines) is 3. The van der Waals surface area contributed by atoms with Crippen molar-refractivity contribution < 1.29 is 27.9 Å². The third kappa shape index (κ3) is 4.66. The van der Waals surface area contributed by atoms with Gasteiger partial charge < -0.3 is 14.5 Å². The van der Waals surface area contributed by atoms with Crippen LogP contribution in [0.5, 0.6) is 0 Å². The van der Waals surface area contributed by atoms with Gasteiger partial charge in [0.2, 0.25) is 0 Å². The number of piperidine rings is 1. The van der Waals surface area contributed by atoms with Crippen molar-refractivity contribution in [1.29, 1.82) is 0 Å². The molecule has 0 aromatic heterocycles. The largest absolute Gasteiger partial charge is 0.450 e. The van der Waals surface area contributed by atoms with Crippen molar-refractivity contribution in [3.8, 4) is 0 Å². The van der Waals surface area contributed by atoms with Crippen molar-refractivity contribution in [3.05, 3.63) is 0 Å². The molecule has 8 nitrogen and oxygen atoms in total. The maximum Gasteiger partial charge on any atom is 0.409 e. The van der Waals surface area contributed by atoms with E-state index in [2.05, 4.69) is 15.2 Å². The number of nitrogens with one attached hydrogen (secondary N) is 1. The van der Waals surface area contributed by atoms with E-state index in [1.54, 1.807) is 4.90 Å². The minimum Gasteiger partial charge on any atom is -0.450 e. The Kier molecular flexibility index (Phi) is 6.42. The quantitative estimate of drug-likeness (QED) is 0.653. The van der Waals surface area contributed by atoms with Gasteiger partial charge in [-0.3, -0.25) is 14.5 Å². The van der Waals surface area contributed by atoms with E-state index in [1.165, 1.54) is 7.11 Å². The van der Waals surface area contributed by atoms with Crippen molar-refractivity contribution >= 4 is 12.0 Å². The number of amides is 2. The second kappa shape index (κ2) is 8.78. The van der Waals surface area contributed by atoms with Crippen LogP contribution in [0, 0.1) is 5.41 Å². The van der Waals surface area contributed by atoms with Crippen molar-refractivity contribution in [2.24, 2.45) is 5.41 Å². The highest BCUT2D eigenvalue weighted by Crippen LogP contribution is 2.50. The van der Waals surface area contributed by atoms with Gasteiger partial charge in [0.25, 0.3) is 11.8 Å². The van der Waals surface area contributed by atoms with Gasteiger partial charge in [0.1, 0.15) is 0 Å². The van der Waals surface area contributed by atoms with Crippen LogP contribution in [0.2, 0.25) is 0 Å². The molecule has 1 aliphatic carbocycles. The summed E-state index contributed by atoms with van der Waals surface area (Å²) in [4.78, 5) is 34.8. The number of carbonyl (C=O) groups excluding carboxylic acids is 2. The molecule has 3 aliphatic heterocycles. The topological polar surface area (TPSA) is 74.4 Å². The molecule has 1 spiro atoms. The van der Waals surface area contributed by atoms with E-state index >= 15 is 0 Å². The van der Waals surface area contributed by atoms with Gasteiger partial charge in [0.05, 0.1) is 26.3 Å². The van der Waals surface area contributed by atoms with Crippen LogP contribution in [0.3, 0.4) is 0 Å². The van der Waals surface area contributed by atoms with E-state index in [4.69, 9.17) is 4.74 Å². The Morgan fingerprint density at radius 1 is 1.06 bits per heavy atom.